The molecule has 2 aromatic rings. The Hall–Kier alpha value is -1.26. The van der Waals surface area contributed by atoms with E-state index >= 15 is 0 Å². The Morgan fingerprint density at radius 1 is 1.33 bits per heavy atom. The summed E-state index contributed by atoms with van der Waals surface area (Å²) in [7, 11) is 0. The van der Waals surface area contributed by atoms with Crippen LogP contribution in [0.15, 0.2) is 41.6 Å². The van der Waals surface area contributed by atoms with Crippen molar-refractivity contribution in [2.24, 2.45) is 5.92 Å². The minimum absolute atomic E-state index is 0.695. The predicted molar refractivity (Wildman–Crippen MR) is 90.7 cm³/mol. The summed E-state index contributed by atoms with van der Waals surface area (Å²) in [6.07, 6.45) is 3.91. The van der Waals surface area contributed by atoms with Crippen LogP contribution in [-0.2, 0) is 13.1 Å². The minimum atomic E-state index is 0.695. The van der Waals surface area contributed by atoms with Gasteiger partial charge in [-0.1, -0.05) is 26.0 Å². The molecular formula is C17H25N3S. The first kappa shape index (κ1) is 16.1. The Bertz CT molecular complexity index is 548. The molecule has 21 heavy (non-hydrogen) atoms. The van der Waals surface area contributed by atoms with Crippen LogP contribution in [-0.4, -0.2) is 21.8 Å². The lowest BCUT2D eigenvalue weighted by Gasteiger charge is -2.09. The molecule has 0 fully saturated rings. The monoisotopic (exact) mass is 303 g/mol. The van der Waals surface area contributed by atoms with Crippen molar-refractivity contribution >= 4 is 11.8 Å². The summed E-state index contributed by atoms with van der Waals surface area (Å²) in [4.78, 5) is 5.59. The second-order valence-corrected chi connectivity index (χ2v) is 6.86. The molecule has 0 saturated heterocycles. The van der Waals surface area contributed by atoms with E-state index in [4.69, 9.17) is 0 Å². The van der Waals surface area contributed by atoms with E-state index in [1.165, 1.54) is 10.5 Å². The Morgan fingerprint density at radius 2 is 2.19 bits per heavy atom. The van der Waals surface area contributed by atoms with Crippen LogP contribution in [0.2, 0.25) is 0 Å². The number of nitrogens with zero attached hydrogens (tertiary/aromatic N) is 2. The van der Waals surface area contributed by atoms with Crippen LogP contribution in [0.1, 0.15) is 25.2 Å². The van der Waals surface area contributed by atoms with Gasteiger partial charge in [-0.15, -0.1) is 11.8 Å². The minimum Gasteiger partial charge on any atom is -0.334 e. The Labute approximate surface area is 132 Å². The summed E-state index contributed by atoms with van der Waals surface area (Å²) >= 11 is 1.90. The van der Waals surface area contributed by atoms with Crippen LogP contribution in [0.25, 0.3) is 0 Å². The first-order chi connectivity index (χ1) is 10.1. The van der Waals surface area contributed by atoms with E-state index in [2.05, 4.69) is 53.0 Å². The maximum atomic E-state index is 4.25. The average molecular weight is 303 g/mol. The summed E-state index contributed by atoms with van der Waals surface area (Å²) in [5, 5.41) is 3.49. The maximum Gasteiger partial charge on any atom is 0.105 e. The molecule has 0 spiro atoms. The highest BCUT2D eigenvalue weighted by Crippen LogP contribution is 2.19. The fourth-order valence-electron chi connectivity index (χ4n) is 2.15. The molecule has 0 bridgehead atoms. The van der Waals surface area contributed by atoms with Crippen molar-refractivity contribution in [3.8, 4) is 0 Å². The summed E-state index contributed by atoms with van der Waals surface area (Å²) in [5.41, 5.74) is 1.36. The normalized spacial score (nSPS) is 11.2. The number of nitrogens with one attached hydrogen (secondary N) is 1. The largest absolute Gasteiger partial charge is 0.334 e. The van der Waals surface area contributed by atoms with E-state index in [0.29, 0.717) is 5.92 Å². The van der Waals surface area contributed by atoms with Crippen LogP contribution in [0.5, 0.6) is 0 Å². The van der Waals surface area contributed by atoms with Crippen LogP contribution in [0.3, 0.4) is 0 Å². The quantitative estimate of drug-likeness (QED) is 0.754. The molecule has 114 valence electrons. The molecule has 0 aliphatic rings. The first-order valence-electron chi connectivity index (χ1n) is 7.55. The molecule has 0 radical (unpaired) electrons. The maximum absolute atomic E-state index is 4.25. The number of aryl methyl sites for hydroxylation is 2. The van der Waals surface area contributed by atoms with E-state index in [-0.39, 0.29) is 0 Å². The van der Waals surface area contributed by atoms with Gasteiger partial charge in [0, 0.05) is 36.1 Å². The summed E-state index contributed by atoms with van der Waals surface area (Å²) < 4.78 is 2.20. The molecule has 4 heteroatoms. The first-order valence-corrected chi connectivity index (χ1v) is 8.54. The average Bonchev–Trinajstić information content (AvgIpc) is 2.85. The van der Waals surface area contributed by atoms with Crippen LogP contribution in [0, 0.1) is 12.8 Å². The van der Waals surface area contributed by atoms with Crippen molar-refractivity contribution in [3.05, 3.63) is 48.0 Å². The SMILES string of the molecule is Cc1nccn1CCSc1cccc(CNCC(C)C)c1. The second-order valence-electron chi connectivity index (χ2n) is 5.69. The van der Waals surface area contributed by atoms with E-state index < -0.39 is 0 Å². The Morgan fingerprint density at radius 3 is 2.90 bits per heavy atom. The van der Waals surface area contributed by atoms with Gasteiger partial charge in [-0.2, -0.15) is 0 Å². The molecular weight excluding hydrogens is 278 g/mol. The zero-order valence-corrected chi connectivity index (χ0v) is 14.0. The van der Waals surface area contributed by atoms with Gasteiger partial charge < -0.3 is 9.88 Å². The molecule has 0 atom stereocenters. The van der Waals surface area contributed by atoms with Crippen LogP contribution < -0.4 is 5.32 Å². The molecule has 0 unspecified atom stereocenters. The molecule has 1 aromatic carbocycles. The fraction of sp³-hybridized carbons (Fsp3) is 0.471. The number of imidazole rings is 1. The van der Waals surface area contributed by atoms with Crippen molar-refractivity contribution in [1.29, 1.82) is 0 Å². The van der Waals surface area contributed by atoms with Crippen molar-refractivity contribution in [1.82, 2.24) is 14.9 Å². The standard InChI is InChI=1S/C17H25N3S/c1-14(2)12-18-13-16-5-4-6-17(11-16)21-10-9-20-8-7-19-15(20)3/h4-8,11,14,18H,9-10,12-13H2,1-3H3. The number of aromatic nitrogens is 2. The molecule has 3 nitrogen and oxygen atoms in total. The number of benzene rings is 1. The van der Waals surface area contributed by atoms with E-state index in [1.54, 1.807) is 0 Å². The zero-order chi connectivity index (χ0) is 15.1. The molecule has 0 saturated carbocycles. The second kappa shape index (κ2) is 8.25. The lowest BCUT2D eigenvalue weighted by atomic mass is 10.2. The van der Waals surface area contributed by atoms with Crippen LogP contribution >= 0.6 is 11.8 Å². The number of thioether (sulfide) groups is 1. The van der Waals surface area contributed by atoms with Gasteiger partial charge in [-0.3, -0.25) is 0 Å². The van der Waals surface area contributed by atoms with Gasteiger partial charge >= 0.3 is 0 Å². The van der Waals surface area contributed by atoms with Crippen molar-refractivity contribution in [2.45, 2.75) is 38.8 Å². The summed E-state index contributed by atoms with van der Waals surface area (Å²) in [6.45, 7) is 9.54. The highest BCUT2D eigenvalue weighted by molar-refractivity contribution is 7.99. The highest BCUT2D eigenvalue weighted by atomic mass is 32.2. The third kappa shape index (κ3) is 5.56. The smallest absolute Gasteiger partial charge is 0.105 e. The lowest BCUT2D eigenvalue weighted by molar-refractivity contribution is 0.552. The number of hydrogen-bond acceptors (Lipinski definition) is 3. The van der Waals surface area contributed by atoms with Gasteiger partial charge in [0.2, 0.25) is 0 Å². The van der Waals surface area contributed by atoms with Gasteiger partial charge in [-0.25, -0.2) is 4.98 Å². The molecule has 0 aliphatic heterocycles. The van der Waals surface area contributed by atoms with Crippen molar-refractivity contribution in [3.63, 3.8) is 0 Å². The van der Waals surface area contributed by atoms with Gasteiger partial charge in [0.15, 0.2) is 0 Å². The molecule has 0 amide bonds. The molecule has 1 aromatic heterocycles. The predicted octanol–water partition coefficient (Wildman–Crippen LogP) is 3.73. The number of rotatable bonds is 8. The summed E-state index contributed by atoms with van der Waals surface area (Å²) in [5.74, 6) is 2.85. The van der Waals surface area contributed by atoms with Crippen molar-refractivity contribution in [2.75, 3.05) is 12.3 Å². The molecule has 2 rings (SSSR count). The van der Waals surface area contributed by atoms with E-state index in [9.17, 15) is 0 Å². The van der Waals surface area contributed by atoms with E-state index in [1.807, 2.05) is 31.1 Å². The molecule has 1 heterocycles. The van der Waals surface area contributed by atoms with Gasteiger partial charge in [0.05, 0.1) is 0 Å². The highest BCUT2D eigenvalue weighted by Gasteiger charge is 2.00. The Kier molecular flexibility index (Phi) is 6.33. The zero-order valence-electron chi connectivity index (χ0n) is 13.2. The van der Waals surface area contributed by atoms with Gasteiger partial charge in [0.1, 0.15) is 5.82 Å². The van der Waals surface area contributed by atoms with Crippen molar-refractivity contribution < 1.29 is 0 Å². The molecule has 1 N–H and O–H groups in total. The fourth-order valence-corrected chi connectivity index (χ4v) is 3.09. The third-order valence-corrected chi connectivity index (χ3v) is 4.28. The lowest BCUT2D eigenvalue weighted by Crippen LogP contribution is -2.18. The molecule has 0 aliphatic carbocycles. The third-order valence-electron chi connectivity index (χ3n) is 3.30. The van der Waals surface area contributed by atoms with E-state index in [0.717, 1.165) is 31.2 Å². The summed E-state index contributed by atoms with van der Waals surface area (Å²) in [6, 6.07) is 8.82. The van der Waals surface area contributed by atoms with Gasteiger partial charge in [-0.05, 0) is 37.1 Å². The topological polar surface area (TPSA) is 29.9 Å². The Balaban J connectivity index is 1.79. The van der Waals surface area contributed by atoms with Gasteiger partial charge in [0.25, 0.3) is 0 Å². The number of hydrogen-bond donors (Lipinski definition) is 1. The van der Waals surface area contributed by atoms with Crippen LogP contribution in [0.4, 0.5) is 0 Å².